The second-order valence-electron chi connectivity index (χ2n) is 3.73. The molecule has 2 heterocycles. The summed E-state index contributed by atoms with van der Waals surface area (Å²) in [6.07, 6.45) is 1.26. The quantitative estimate of drug-likeness (QED) is 0.790. The van der Waals surface area contributed by atoms with Gasteiger partial charge in [0.25, 0.3) is 0 Å². The van der Waals surface area contributed by atoms with Gasteiger partial charge in [0.15, 0.2) is 5.82 Å². The number of nitrogens with one attached hydrogen (secondary N) is 1. The van der Waals surface area contributed by atoms with E-state index in [1.165, 1.54) is 6.39 Å². The van der Waals surface area contributed by atoms with E-state index in [1.807, 2.05) is 13.8 Å². The van der Waals surface area contributed by atoms with E-state index >= 15 is 0 Å². The zero-order valence-electron chi connectivity index (χ0n) is 9.58. The van der Waals surface area contributed by atoms with Crippen molar-refractivity contribution in [3.05, 3.63) is 18.0 Å². The average molecular weight is 235 g/mol. The molecule has 8 nitrogen and oxygen atoms in total. The molecule has 0 aromatic carbocycles. The Morgan fingerprint density at radius 1 is 1.35 bits per heavy atom. The molecule has 0 atom stereocenters. The van der Waals surface area contributed by atoms with E-state index in [4.69, 9.17) is 5.73 Å². The molecule has 0 spiro atoms. The number of nitrogens with zero attached hydrogens (tertiary/aromatic N) is 5. The summed E-state index contributed by atoms with van der Waals surface area (Å²) in [4.78, 5) is 16.1. The summed E-state index contributed by atoms with van der Waals surface area (Å²) in [7, 11) is 0. The van der Waals surface area contributed by atoms with E-state index < -0.39 is 0 Å². The lowest BCUT2D eigenvalue weighted by atomic mass is 10.2. The molecule has 0 aliphatic carbocycles. The first-order valence-corrected chi connectivity index (χ1v) is 5.15. The predicted molar refractivity (Wildman–Crippen MR) is 60.0 cm³/mol. The van der Waals surface area contributed by atoms with Crippen LogP contribution in [0, 0.1) is 0 Å². The van der Waals surface area contributed by atoms with Gasteiger partial charge in [-0.15, -0.1) is 0 Å². The summed E-state index contributed by atoms with van der Waals surface area (Å²) in [5.74, 6) is 1.96. The Morgan fingerprint density at radius 3 is 2.82 bits per heavy atom. The lowest BCUT2D eigenvalue weighted by Crippen LogP contribution is -2.11. The Labute approximate surface area is 97.7 Å². The number of rotatable bonds is 4. The van der Waals surface area contributed by atoms with E-state index in [0.717, 1.165) is 0 Å². The van der Waals surface area contributed by atoms with Crippen molar-refractivity contribution in [1.82, 2.24) is 25.1 Å². The van der Waals surface area contributed by atoms with Gasteiger partial charge < -0.3 is 15.6 Å². The van der Waals surface area contributed by atoms with Crippen molar-refractivity contribution in [1.29, 1.82) is 0 Å². The molecule has 0 radical (unpaired) electrons. The first-order chi connectivity index (χ1) is 8.15. The summed E-state index contributed by atoms with van der Waals surface area (Å²) in [5.41, 5.74) is 5.59. The van der Waals surface area contributed by atoms with Gasteiger partial charge in [0.2, 0.25) is 18.3 Å². The molecule has 2 aromatic rings. The number of hydrogen-bond donors (Lipinski definition) is 2. The minimum absolute atomic E-state index is 0.186. The van der Waals surface area contributed by atoms with Crippen LogP contribution in [-0.4, -0.2) is 25.1 Å². The Balaban J connectivity index is 2.10. The standard InChI is InChI=1S/C9H13N7O/c1-5(2)7-13-8(10)15-9(14-7)11-3-6-12-4-17-16-6/h4-5H,3H2,1-2H3,(H3,10,11,13,14,15). The molecule has 0 saturated heterocycles. The van der Waals surface area contributed by atoms with Crippen molar-refractivity contribution in [3.8, 4) is 0 Å². The fourth-order valence-electron chi connectivity index (χ4n) is 1.18. The van der Waals surface area contributed by atoms with Gasteiger partial charge in [-0.05, 0) is 0 Å². The second-order valence-corrected chi connectivity index (χ2v) is 3.73. The maximum atomic E-state index is 5.59. The van der Waals surface area contributed by atoms with E-state index in [0.29, 0.717) is 24.1 Å². The van der Waals surface area contributed by atoms with Crippen LogP contribution in [0.25, 0.3) is 0 Å². The van der Waals surface area contributed by atoms with Crippen LogP contribution >= 0.6 is 0 Å². The Morgan fingerprint density at radius 2 is 2.18 bits per heavy atom. The van der Waals surface area contributed by atoms with Gasteiger partial charge in [0, 0.05) is 5.92 Å². The summed E-state index contributed by atoms with van der Waals surface area (Å²) in [5, 5.41) is 6.62. The van der Waals surface area contributed by atoms with Crippen LogP contribution < -0.4 is 11.1 Å². The van der Waals surface area contributed by atoms with E-state index in [-0.39, 0.29) is 11.9 Å². The molecule has 0 aliphatic rings. The molecular weight excluding hydrogens is 222 g/mol. The summed E-state index contributed by atoms with van der Waals surface area (Å²) < 4.78 is 4.61. The van der Waals surface area contributed by atoms with Crippen LogP contribution in [0.4, 0.5) is 11.9 Å². The van der Waals surface area contributed by atoms with Gasteiger partial charge in [-0.3, -0.25) is 0 Å². The molecule has 2 aromatic heterocycles. The minimum Gasteiger partial charge on any atom is -0.368 e. The maximum absolute atomic E-state index is 5.59. The molecule has 0 aliphatic heterocycles. The van der Waals surface area contributed by atoms with E-state index in [2.05, 4.69) is 34.9 Å². The third-order valence-electron chi connectivity index (χ3n) is 2.00. The molecule has 3 N–H and O–H groups in total. The van der Waals surface area contributed by atoms with Crippen molar-refractivity contribution in [2.24, 2.45) is 0 Å². The summed E-state index contributed by atoms with van der Waals surface area (Å²) in [6, 6.07) is 0. The molecule has 90 valence electrons. The van der Waals surface area contributed by atoms with Crippen LogP contribution in [-0.2, 0) is 6.54 Å². The highest BCUT2D eigenvalue weighted by atomic mass is 16.5. The van der Waals surface area contributed by atoms with Crippen LogP contribution in [0.2, 0.25) is 0 Å². The average Bonchev–Trinajstić information content (AvgIpc) is 2.78. The van der Waals surface area contributed by atoms with Crippen LogP contribution in [0.1, 0.15) is 31.4 Å². The Kier molecular flexibility index (Phi) is 3.12. The van der Waals surface area contributed by atoms with Crippen molar-refractivity contribution in [2.45, 2.75) is 26.3 Å². The second kappa shape index (κ2) is 4.73. The molecule has 8 heteroatoms. The fourth-order valence-corrected chi connectivity index (χ4v) is 1.18. The first kappa shape index (κ1) is 11.2. The van der Waals surface area contributed by atoms with Gasteiger partial charge in [-0.2, -0.15) is 19.9 Å². The monoisotopic (exact) mass is 235 g/mol. The normalized spacial score (nSPS) is 10.8. The van der Waals surface area contributed by atoms with Crippen LogP contribution in [0.3, 0.4) is 0 Å². The lowest BCUT2D eigenvalue weighted by molar-refractivity contribution is 0.411. The molecule has 17 heavy (non-hydrogen) atoms. The molecule has 2 rings (SSSR count). The van der Waals surface area contributed by atoms with Gasteiger partial charge in [0.1, 0.15) is 5.82 Å². The highest BCUT2D eigenvalue weighted by Gasteiger charge is 2.08. The maximum Gasteiger partial charge on any atom is 0.228 e. The highest BCUT2D eigenvalue weighted by Crippen LogP contribution is 2.12. The third-order valence-corrected chi connectivity index (χ3v) is 2.00. The van der Waals surface area contributed by atoms with Crippen LogP contribution in [0.15, 0.2) is 10.9 Å². The third kappa shape index (κ3) is 2.86. The first-order valence-electron chi connectivity index (χ1n) is 5.15. The van der Waals surface area contributed by atoms with Crippen molar-refractivity contribution >= 4 is 11.9 Å². The van der Waals surface area contributed by atoms with Gasteiger partial charge in [-0.25, -0.2) is 0 Å². The van der Waals surface area contributed by atoms with Crippen molar-refractivity contribution in [3.63, 3.8) is 0 Å². The van der Waals surface area contributed by atoms with Crippen molar-refractivity contribution < 1.29 is 4.52 Å². The largest absolute Gasteiger partial charge is 0.368 e. The lowest BCUT2D eigenvalue weighted by Gasteiger charge is -2.07. The van der Waals surface area contributed by atoms with Crippen molar-refractivity contribution in [2.75, 3.05) is 11.1 Å². The van der Waals surface area contributed by atoms with Crippen LogP contribution in [0.5, 0.6) is 0 Å². The van der Waals surface area contributed by atoms with Gasteiger partial charge >= 0.3 is 0 Å². The number of nitrogens with two attached hydrogens (primary N) is 1. The number of aromatic nitrogens is 5. The number of anilines is 2. The van der Waals surface area contributed by atoms with E-state index in [9.17, 15) is 0 Å². The smallest absolute Gasteiger partial charge is 0.228 e. The zero-order valence-corrected chi connectivity index (χ0v) is 9.58. The van der Waals surface area contributed by atoms with Gasteiger partial charge in [-0.1, -0.05) is 19.0 Å². The summed E-state index contributed by atoms with van der Waals surface area (Å²) >= 11 is 0. The topological polar surface area (TPSA) is 116 Å². The SMILES string of the molecule is CC(C)c1nc(N)nc(NCc2ncon2)n1. The van der Waals surface area contributed by atoms with E-state index in [1.54, 1.807) is 0 Å². The number of nitrogen functional groups attached to an aromatic ring is 1. The molecule has 0 bridgehead atoms. The fraction of sp³-hybridized carbons (Fsp3) is 0.444. The molecule has 0 amide bonds. The number of hydrogen-bond acceptors (Lipinski definition) is 8. The Hall–Kier alpha value is -2.25. The minimum atomic E-state index is 0.186. The Bertz CT molecular complexity index is 482. The summed E-state index contributed by atoms with van der Waals surface area (Å²) in [6.45, 7) is 4.34. The molecule has 0 fully saturated rings. The molecule has 0 saturated carbocycles. The zero-order chi connectivity index (χ0) is 12.3. The highest BCUT2D eigenvalue weighted by molar-refractivity contribution is 5.31. The predicted octanol–water partition coefficient (Wildman–Crippen LogP) is 0.572. The molecular formula is C9H13N7O. The molecule has 0 unspecified atom stereocenters. The van der Waals surface area contributed by atoms with Gasteiger partial charge in [0.05, 0.1) is 6.54 Å².